The quantitative estimate of drug-likeness (QED) is 0.912. The molecule has 0 spiro atoms. The third-order valence-corrected chi connectivity index (χ3v) is 3.44. The molecule has 2 aromatic rings. The standard InChI is InChI=1S/C18H20N2O/c1-13-4-7-18(17(8-13)11-20-3)21-12-16-6-5-15(10-19)9-14(16)2/h4-9,20H,11-12H2,1-3H3. The van der Waals surface area contributed by atoms with Crippen molar-refractivity contribution in [2.24, 2.45) is 0 Å². The molecular formula is C18H20N2O. The Kier molecular flexibility index (Phi) is 4.97. The summed E-state index contributed by atoms with van der Waals surface area (Å²) in [4.78, 5) is 0. The molecule has 0 heterocycles. The van der Waals surface area contributed by atoms with Crippen molar-refractivity contribution in [3.05, 3.63) is 64.2 Å². The summed E-state index contributed by atoms with van der Waals surface area (Å²) >= 11 is 0. The fraction of sp³-hybridized carbons (Fsp3) is 0.278. The molecule has 0 aromatic heterocycles. The number of hydrogen-bond acceptors (Lipinski definition) is 3. The van der Waals surface area contributed by atoms with E-state index in [0.717, 1.165) is 29.0 Å². The maximum Gasteiger partial charge on any atom is 0.124 e. The van der Waals surface area contributed by atoms with Crippen molar-refractivity contribution < 1.29 is 4.74 Å². The van der Waals surface area contributed by atoms with Crippen LogP contribution in [0.15, 0.2) is 36.4 Å². The van der Waals surface area contributed by atoms with Gasteiger partial charge in [0.15, 0.2) is 0 Å². The highest BCUT2D eigenvalue weighted by molar-refractivity contribution is 5.39. The maximum atomic E-state index is 8.89. The van der Waals surface area contributed by atoms with E-state index in [9.17, 15) is 0 Å². The number of benzene rings is 2. The van der Waals surface area contributed by atoms with Crippen LogP contribution in [-0.2, 0) is 13.2 Å². The molecule has 2 rings (SSSR count). The number of nitriles is 1. The van der Waals surface area contributed by atoms with Crippen molar-refractivity contribution in [3.8, 4) is 11.8 Å². The molecule has 0 saturated carbocycles. The van der Waals surface area contributed by atoms with Crippen molar-refractivity contribution in [3.63, 3.8) is 0 Å². The largest absolute Gasteiger partial charge is 0.489 e. The first kappa shape index (κ1) is 15.1. The molecule has 2 aromatic carbocycles. The minimum atomic E-state index is 0.511. The number of nitrogens with zero attached hydrogens (tertiary/aromatic N) is 1. The van der Waals surface area contributed by atoms with E-state index in [1.165, 1.54) is 5.56 Å². The predicted molar refractivity (Wildman–Crippen MR) is 84.2 cm³/mol. The first-order valence-corrected chi connectivity index (χ1v) is 7.00. The van der Waals surface area contributed by atoms with Crippen LogP contribution in [0.3, 0.4) is 0 Å². The molecule has 0 radical (unpaired) electrons. The van der Waals surface area contributed by atoms with Gasteiger partial charge in [0, 0.05) is 12.1 Å². The number of rotatable bonds is 5. The molecule has 3 heteroatoms. The molecule has 0 aliphatic carbocycles. The zero-order valence-electron chi connectivity index (χ0n) is 12.7. The summed E-state index contributed by atoms with van der Waals surface area (Å²) in [5.41, 5.74) is 5.25. The van der Waals surface area contributed by atoms with Gasteiger partial charge in [0.25, 0.3) is 0 Å². The van der Waals surface area contributed by atoms with Crippen LogP contribution < -0.4 is 10.1 Å². The summed E-state index contributed by atoms with van der Waals surface area (Å²) in [6.07, 6.45) is 0. The van der Waals surface area contributed by atoms with Crippen molar-refractivity contribution >= 4 is 0 Å². The molecule has 0 aliphatic rings. The van der Waals surface area contributed by atoms with Crippen molar-refractivity contribution in [1.82, 2.24) is 5.32 Å². The number of aryl methyl sites for hydroxylation is 2. The topological polar surface area (TPSA) is 45.0 Å². The number of hydrogen-bond donors (Lipinski definition) is 1. The molecule has 0 aliphatic heterocycles. The third-order valence-electron chi connectivity index (χ3n) is 3.44. The average molecular weight is 280 g/mol. The van der Waals surface area contributed by atoms with Crippen LogP contribution in [0.4, 0.5) is 0 Å². The van der Waals surface area contributed by atoms with E-state index in [2.05, 4.69) is 30.4 Å². The molecule has 0 atom stereocenters. The first-order chi connectivity index (χ1) is 10.1. The van der Waals surface area contributed by atoms with Crippen LogP contribution in [-0.4, -0.2) is 7.05 Å². The fourth-order valence-electron chi connectivity index (χ4n) is 2.26. The summed E-state index contributed by atoms with van der Waals surface area (Å²) in [6.45, 7) is 5.37. The van der Waals surface area contributed by atoms with Crippen LogP contribution in [0.5, 0.6) is 5.75 Å². The third kappa shape index (κ3) is 3.84. The Balaban J connectivity index is 2.15. The lowest BCUT2D eigenvalue weighted by Gasteiger charge is -2.13. The van der Waals surface area contributed by atoms with Crippen LogP contribution in [0.2, 0.25) is 0 Å². The van der Waals surface area contributed by atoms with Gasteiger partial charge in [-0.25, -0.2) is 0 Å². The van der Waals surface area contributed by atoms with E-state index < -0.39 is 0 Å². The van der Waals surface area contributed by atoms with Crippen LogP contribution in [0.25, 0.3) is 0 Å². The van der Waals surface area contributed by atoms with Gasteiger partial charge >= 0.3 is 0 Å². The molecule has 108 valence electrons. The molecule has 0 unspecified atom stereocenters. The lowest BCUT2D eigenvalue weighted by Crippen LogP contribution is -2.08. The van der Waals surface area contributed by atoms with Gasteiger partial charge in [-0.05, 0) is 50.2 Å². The molecule has 0 fully saturated rings. The zero-order valence-corrected chi connectivity index (χ0v) is 12.7. The van der Waals surface area contributed by atoms with Crippen molar-refractivity contribution in [1.29, 1.82) is 5.26 Å². The van der Waals surface area contributed by atoms with Crippen LogP contribution in [0, 0.1) is 25.2 Å². The second-order valence-electron chi connectivity index (χ2n) is 5.18. The van der Waals surface area contributed by atoms with Crippen LogP contribution in [0.1, 0.15) is 27.8 Å². The lowest BCUT2D eigenvalue weighted by atomic mass is 10.1. The average Bonchev–Trinajstić information content (AvgIpc) is 2.48. The van der Waals surface area contributed by atoms with Gasteiger partial charge in [0.1, 0.15) is 12.4 Å². The minimum absolute atomic E-state index is 0.511. The summed E-state index contributed by atoms with van der Waals surface area (Å²) in [5, 5.41) is 12.1. The van der Waals surface area contributed by atoms with Gasteiger partial charge in [-0.15, -0.1) is 0 Å². The van der Waals surface area contributed by atoms with Gasteiger partial charge in [-0.1, -0.05) is 23.8 Å². The first-order valence-electron chi connectivity index (χ1n) is 7.00. The normalized spacial score (nSPS) is 10.2. The predicted octanol–water partition coefficient (Wildman–Crippen LogP) is 3.47. The molecule has 0 amide bonds. The Hall–Kier alpha value is -2.31. The Morgan fingerprint density at radius 2 is 1.90 bits per heavy atom. The summed E-state index contributed by atoms with van der Waals surface area (Å²) in [5.74, 6) is 0.902. The van der Waals surface area contributed by atoms with E-state index >= 15 is 0 Å². The van der Waals surface area contributed by atoms with Crippen LogP contribution >= 0.6 is 0 Å². The SMILES string of the molecule is CNCc1cc(C)ccc1OCc1ccc(C#N)cc1C. The van der Waals surface area contributed by atoms with E-state index in [1.807, 2.05) is 38.2 Å². The van der Waals surface area contributed by atoms with E-state index in [4.69, 9.17) is 10.00 Å². The highest BCUT2D eigenvalue weighted by atomic mass is 16.5. The Labute approximate surface area is 126 Å². The Morgan fingerprint density at radius 1 is 1.10 bits per heavy atom. The molecule has 0 saturated heterocycles. The monoisotopic (exact) mass is 280 g/mol. The van der Waals surface area contributed by atoms with Crippen molar-refractivity contribution in [2.45, 2.75) is 27.0 Å². The van der Waals surface area contributed by atoms with Gasteiger partial charge in [0.2, 0.25) is 0 Å². The highest BCUT2D eigenvalue weighted by Crippen LogP contribution is 2.22. The second kappa shape index (κ2) is 6.92. The fourth-order valence-corrected chi connectivity index (χ4v) is 2.26. The Morgan fingerprint density at radius 3 is 2.57 bits per heavy atom. The smallest absolute Gasteiger partial charge is 0.124 e. The summed E-state index contributed by atoms with van der Waals surface area (Å²) < 4.78 is 5.96. The van der Waals surface area contributed by atoms with Gasteiger partial charge in [-0.2, -0.15) is 5.26 Å². The van der Waals surface area contributed by atoms with E-state index in [-0.39, 0.29) is 0 Å². The van der Waals surface area contributed by atoms with Crippen molar-refractivity contribution in [2.75, 3.05) is 7.05 Å². The molecular weight excluding hydrogens is 260 g/mol. The van der Waals surface area contributed by atoms with Gasteiger partial charge < -0.3 is 10.1 Å². The zero-order chi connectivity index (χ0) is 15.2. The maximum absolute atomic E-state index is 8.89. The summed E-state index contributed by atoms with van der Waals surface area (Å²) in [7, 11) is 1.93. The number of ether oxygens (including phenoxy) is 1. The molecule has 0 bridgehead atoms. The van der Waals surface area contributed by atoms with E-state index in [0.29, 0.717) is 12.2 Å². The van der Waals surface area contributed by atoms with Gasteiger partial charge in [0.05, 0.1) is 11.6 Å². The van der Waals surface area contributed by atoms with Gasteiger partial charge in [-0.3, -0.25) is 0 Å². The highest BCUT2D eigenvalue weighted by Gasteiger charge is 2.06. The van der Waals surface area contributed by atoms with E-state index in [1.54, 1.807) is 0 Å². The minimum Gasteiger partial charge on any atom is -0.489 e. The Bertz CT molecular complexity index is 671. The summed E-state index contributed by atoms with van der Waals surface area (Å²) in [6, 6.07) is 14.0. The lowest BCUT2D eigenvalue weighted by molar-refractivity contribution is 0.301. The molecule has 3 nitrogen and oxygen atoms in total. The number of nitrogens with one attached hydrogen (secondary N) is 1. The molecule has 21 heavy (non-hydrogen) atoms. The molecule has 1 N–H and O–H groups in total. The second-order valence-corrected chi connectivity index (χ2v) is 5.18.